The summed E-state index contributed by atoms with van der Waals surface area (Å²) in [7, 11) is 1.66. The largest absolute Gasteiger partial charge is 0.383 e. The number of aromatic nitrogens is 3. The SMILES string of the molecule is COCCn1c(S[C@H](C)C(=O)Nc2ccccc2)nnc1-c1ccccc1. The molecule has 2 aromatic carbocycles. The highest BCUT2D eigenvalue weighted by atomic mass is 32.2. The molecule has 0 fully saturated rings. The predicted octanol–water partition coefficient (Wildman–Crippen LogP) is 3.71. The minimum absolute atomic E-state index is 0.0752. The van der Waals surface area contributed by atoms with Crippen LogP contribution < -0.4 is 5.32 Å². The third kappa shape index (κ3) is 4.96. The highest BCUT2D eigenvalue weighted by Crippen LogP contribution is 2.27. The van der Waals surface area contributed by atoms with Crippen molar-refractivity contribution in [2.24, 2.45) is 0 Å². The fourth-order valence-electron chi connectivity index (χ4n) is 2.54. The quantitative estimate of drug-likeness (QED) is 0.602. The lowest BCUT2D eigenvalue weighted by Gasteiger charge is -2.13. The zero-order chi connectivity index (χ0) is 19.1. The van der Waals surface area contributed by atoms with E-state index in [1.807, 2.05) is 72.2 Å². The molecule has 1 heterocycles. The van der Waals surface area contributed by atoms with Crippen LogP contribution in [0.5, 0.6) is 0 Å². The fourth-order valence-corrected chi connectivity index (χ4v) is 3.41. The standard InChI is InChI=1S/C20H22N4O2S/c1-15(19(25)21-17-11-7-4-8-12-17)27-20-23-22-18(24(20)13-14-26-2)16-9-5-3-6-10-16/h3-12,15H,13-14H2,1-2H3,(H,21,25)/t15-/m1/s1. The van der Waals surface area contributed by atoms with Crippen LogP contribution in [0.1, 0.15) is 6.92 Å². The van der Waals surface area contributed by atoms with E-state index in [2.05, 4.69) is 15.5 Å². The summed E-state index contributed by atoms with van der Waals surface area (Å²) in [6.45, 7) is 3.01. The molecule has 27 heavy (non-hydrogen) atoms. The maximum atomic E-state index is 12.5. The molecule has 1 amide bonds. The van der Waals surface area contributed by atoms with E-state index in [4.69, 9.17) is 4.74 Å². The summed E-state index contributed by atoms with van der Waals surface area (Å²) in [6.07, 6.45) is 0. The Morgan fingerprint density at radius 2 is 1.78 bits per heavy atom. The van der Waals surface area contributed by atoms with E-state index < -0.39 is 0 Å². The number of nitrogens with zero attached hydrogens (tertiary/aromatic N) is 3. The van der Waals surface area contributed by atoms with Gasteiger partial charge in [0, 0.05) is 18.4 Å². The van der Waals surface area contributed by atoms with Crippen LogP contribution in [0.2, 0.25) is 0 Å². The molecule has 140 valence electrons. The smallest absolute Gasteiger partial charge is 0.237 e. The number of hydrogen-bond acceptors (Lipinski definition) is 5. The molecule has 0 saturated carbocycles. The van der Waals surface area contributed by atoms with Gasteiger partial charge in [-0.05, 0) is 19.1 Å². The first-order chi connectivity index (χ1) is 13.2. The highest BCUT2D eigenvalue weighted by molar-refractivity contribution is 8.00. The summed E-state index contributed by atoms with van der Waals surface area (Å²) in [6, 6.07) is 19.3. The van der Waals surface area contributed by atoms with E-state index in [1.165, 1.54) is 11.8 Å². The Kier molecular flexibility index (Phi) is 6.62. The average Bonchev–Trinajstić information content (AvgIpc) is 3.10. The maximum absolute atomic E-state index is 12.5. The highest BCUT2D eigenvalue weighted by Gasteiger charge is 2.20. The lowest BCUT2D eigenvalue weighted by atomic mass is 10.2. The molecule has 7 heteroatoms. The zero-order valence-corrected chi connectivity index (χ0v) is 16.1. The Morgan fingerprint density at radius 3 is 2.44 bits per heavy atom. The number of carbonyl (C=O) groups excluding carboxylic acids is 1. The summed E-state index contributed by atoms with van der Waals surface area (Å²) in [5, 5.41) is 12.0. The second-order valence-corrected chi connectivity index (χ2v) is 7.24. The van der Waals surface area contributed by atoms with E-state index >= 15 is 0 Å². The van der Waals surface area contributed by atoms with Gasteiger partial charge < -0.3 is 10.1 Å². The third-order valence-corrected chi connectivity index (χ3v) is 5.04. The molecule has 1 aromatic heterocycles. The molecule has 0 radical (unpaired) electrons. The second-order valence-electron chi connectivity index (χ2n) is 5.93. The minimum atomic E-state index is -0.320. The number of thioether (sulfide) groups is 1. The normalized spacial score (nSPS) is 11.9. The number of methoxy groups -OCH3 is 1. The molecule has 0 spiro atoms. The number of carbonyl (C=O) groups is 1. The summed E-state index contributed by atoms with van der Waals surface area (Å²) < 4.78 is 7.22. The molecule has 0 saturated heterocycles. The summed E-state index contributed by atoms with van der Waals surface area (Å²) in [5.74, 6) is 0.694. The lowest BCUT2D eigenvalue weighted by molar-refractivity contribution is -0.115. The van der Waals surface area contributed by atoms with Gasteiger partial charge in [-0.2, -0.15) is 0 Å². The summed E-state index contributed by atoms with van der Waals surface area (Å²) >= 11 is 1.39. The molecule has 3 aromatic rings. The van der Waals surface area contributed by atoms with Gasteiger partial charge in [0.2, 0.25) is 5.91 Å². The number of rotatable bonds is 8. The first-order valence-corrected chi connectivity index (χ1v) is 9.57. The van der Waals surface area contributed by atoms with Crippen LogP contribution in [-0.4, -0.2) is 39.6 Å². The van der Waals surface area contributed by atoms with E-state index in [1.54, 1.807) is 7.11 Å². The van der Waals surface area contributed by atoms with Gasteiger partial charge in [0.05, 0.1) is 18.4 Å². The van der Waals surface area contributed by atoms with E-state index in [0.717, 1.165) is 17.1 Å². The molecule has 3 rings (SSSR count). The Bertz CT molecular complexity index is 868. The minimum Gasteiger partial charge on any atom is -0.383 e. The molecule has 0 aliphatic carbocycles. The molecule has 0 aliphatic rings. The molecule has 0 unspecified atom stereocenters. The monoisotopic (exact) mass is 382 g/mol. The summed E-state index contributed by atoms with van der Waals surface area (Å²) in [4.78, 5) is 12.5. The summed E-state index contributed by atoms with van der Waals surface area (Å²) in [5.41, 5.74) is 1.76. The van der Waals surface area contributed by atoms with Crippen LogP contribution in [0, 0.1) is 0 Å². The molecule has 0 aliphatic heterocycles. The van der Waals surface area contributed by atoms with Crippen molar-refractivity contribution in [3.05, 3.63) is 60.7 Å². The van der Waals surface area contributed by atoms with Gasteiger partial charge in [0.15, 0.2) is 11.0 Å². The van der Waals surface area contributed by atoms with Crippen molar-refractivity contribution in [3.63, 3.8) is 0 Å². The average molecular weight is 382 g/mol. The van der Waals surface area contributed by atoms with Crippen molar-refractivity contribution >= 4 is 23.4 Å². The van der Waals surface area contributed by atoms with Gasteiger partial charge in [-0.1, -0.05) is 60.3 Å². The van der Waals surface area contributed by atoms with Crippen LogP contribution in [0.3, 0.4) is 0 Å². The zero-order valence-electron chi connectivity index (χ0n) is 15.3. The van der Waals surface area contributed by atoms with Gasteiger partial charge >= 0.3 is 0 Å². The van der Waals surface area contributed by atoms with Crippen molar-refractivity contribution in [1.82, 2.24) is 14.8 Å². The number of hydrogen-bond donors (Lipinski definition) is 1. The van der Waals surface area contributed by atoms with E-state index in [0.29, 0.717) is 18.3 Å². The lowest BCUT2D eigenvalue weighted by Crippen LogP contribution is -2.23. The molecule has 1 atom stereocenters. The number of anilines is 1. The van der Waals surface area contributed by atoms with Gasteiger partial charge in [-0.25, -0.2) is 0 Å². The number of nitrogens with one attached hydrogen (secondary N) is 1. The van der Waals surface area contributed by atoms with E-state index in [9.17, 15) is 4.79 Å². The number of benzene rings is 2. The van der Waals surface area contributed by atoms with Crippen LogP contribution in [-0.2, 0) is 16.1 Å². The maximum Gasteiger partial charge on any atom is 0.237 e. The van der Waals surface area contributed by atoms with Crippen molar-refractivity contribution in [3.8, 4) is 11.4 Å². The Morgan fingerprint density at radius 1 is 1.11 bits per heavy atom. The number of amides is 1. The van der Waals surface area contributed by atoms with Crippen molar-refractivity contribution in [2.75, 3.05) is 19.0 Å². The van der Waals surface area contributed by atoms with Crippen LogP contribution in [0.25, 0.3) is 11.4 Å². The van der Waals surface area contributed by atoms with Crippen LogP contribution >= 0.6 is 11.8 Å². The molecule has 6 nitrogen and oxygen atoms in total. The van der Waals surface area contributed by atoms with Crippen LogP contribution in [0.15, 0.2) is 65.8 Å². The number of ether oxygens (including phenoxy) is 1. The van der Waals surface area contributed by atoms with Gasteiger partial charge in [-0.15, -0.1) is 10.2 Å². The second kappa shape index (κ2) is 9.34. The van der Waals surface area contributed by atoms with Gasteiger partial charge in [-0.3, -0.25) is 9.36 Å². The number of para-hydroxylation sites is 1. The van der Waals surface area contributed by atoms with Gasteiger partial charge in [0.1, 0.15) is 0 Å². The van der Waals surface area contributed by atoms with Crippen molar-refractivity contribution < 1.29 is 9.53 Å². The van der Waals surface area contributed by atoms with E-state index in [-0.39, 0.29) is 11.2 Å². The topological polar surface area (TPSA) is 69.0 Å². The molecule has 1 N–H and O–H groups in total. The van der Waals surface area contributed by atoms with Crippen LogP contribution in [0.4, 0.5) is 5.69 Å². The van der Waals surface area contributed by atoms with Crippen molar-refractivity contribution in [1.29, 1.82) is 0 Å². The van der Waals surface area contributed by atoms with Gasteiger partial charge in [0.25, 0.3) is 0 Å². The first-order valence-electron chi connectivity index (χ1n) is 8.69. The van der Waals surface area contributed by atoms with Crippen molar-refractivity contribution in [2.45, 2.75) is 23.9 Å². The molecular weight excluding hydrogens is 360 g/mol. The fraction of sp³-hybridized carbons (Fsp3) is 0.250. The third-order valence-electron chi connectivity index (χ3n) is 3.96. The Labute approximate surface area is 163 Å². The first kappa shape index (κ1) is 19.1. The Balaban J connectivity index is 1.77. The molecule has 0 bridgehead atoms. The predicted molar refractivity (Wildman–Crippen MR) is 108 cm³/mol. The molecular formula is C20H22N4O2S. The Hall–Kier alpha value is -2.64.